The molecule has 1 aliphatic rings. The van der Waals surface area contributed by atoms with Crippen molar-refractivity contribution in [2.24, 2.45) is 0 Å². The van der Waals surface area contributed by atoms with Crippen LogP contribution in [0, 0.1) is 0 Å². The van der Waals surface area contributed by atoms with Crippen LogP contribution in [0.15, 0.2) is 26.7 Å². The molecule has 0 atom stereocenters. The second-order valence-electron chi connectivity index (χ2n) is 4.09. The van der Waals surface area contributed by atoms with Crippen LogP contribution >= 0.6 is 11.3 Å². The van der Waals surface area contributed by atoms with E-state index in [4.69, 9.17) is 4.42 Å². The van der Waals surface area contributed by atoms with E-state index in [0.717, 1.165) is 9.58 Å². The Bertz CT molecular complexity index is 702. The molecule has 2 aromatic heterocycles. The lowest BCUT2D eigenvalue weighted by molar-refractivity contribution is -0.128. The van der Waals surface area contributed by atoms with Gasteiger partial charge in [-0.05, 0) is 11.4 Å². The Morgan fingerprint density at radius 1 is 1.50 bits per heavy atom. The third-order valence-corrected chi connectivity index (χ3v) is 3.64. The molecule has 1 N–H and O–H groups in total. The van der Waals surface area contributed by atoms with E-state index in [9.17, 15) is 14.4 Å². The van der Waals surface area contributed by atoms with Gasteiger partial charge in [0, 0.05) is 13.1 Å². The number of hydrogen-bond acceptors (Lipinski definition) is 6. The van der Waals surface area contributed by atoms with Crippen molar-refractivity contribution in [3.05, 3.63) is 28.1 Å². The zero-order valence-corrected chi connectivity index (χ0v) is 11.1. The summed E-state index contributed by atoms with van der Waals surface area (Å²) in [7, 11) is 0. The van der Waals surface area contributed by atoms with E-state index in [-0.39, 0.29) is 12.4 Å². The maximum Gasteiger partial charge on any atom is 0.437 e. The molecule has 0 saturated carbocycles. The van der Waals surface area contributed by atoms with Gasteiger partial charge in [0.2, 0.25) is 0 Å². The van der Waals surface area contributed by atoms with Gasteiger partial charge >= 0.3 is 11.8 Å². The third kappa shape index (κ3) is 2.23. The van der Waals surface area contributed by atoms with Gasteiger partial charge in [0.05, 0.1) is 4.88 Å². The van der Waals surface area contributed by atoms with E-state index in [1.54, 1.807) is 12.1 Å². The standard InChI is InChI=1S/C11H10N4O4S/c16-8(14-4-3-12-10(14)17)6-15-11(18)19-9(13-15)7-2-1-5-20-7/h1-2,5H,3-4,6H2,(H,12,17). The second-order valence-corrected chi connectivity index (χ2v) is 5.03. The molecule has 3 amide bonds. The molecule has 1 saturated heterocycles. The summed E-state index contributed by atoms with van der Waals surface area (Å²) in [5.41, 5.74) is 0. The zero-order chi connectivity index (χ0) is 14.1. The first-order valence-corrected chi connectivity index (χ1v) is 6.73. The highest BCUT2D eigenvalue weighted by Gasteiger charge is 2.27. The van der Waals surface area contributed by atoms with Crippen molar-refractivity contribution in [1.29, 1.82) is 0 Å². The average molecular weight is 294 g/mol. The van der Waals surface area contributed by atoms with E-state index in [1.807, 2.05) is 5.38 Å². The molecule has 3 rings (SSSR count). The van der Waals surface area contributed by atoms with Crippen molar-refractivity contribution < 1.29 is 14.0 Å². The first-order chi connectivity index (χ1) is 9.65. The fraction of sp³-hybridized carbons (Fsp3) is 0.273. The first-order valence-electron chi connectivity index (χ1n) is 5.85. The summed E-state index contributed by atoms with van der Waals surface area (Å²) in [6.07, 6.45) is 0. The van der Waals surface area contributed by atoms with E-state index in [1.165, 1.54) is 11.3 Å². The Morgan fingerprint density at radius 2 is 2.35 bits per heavy atom. The fourth-order valence-electron chi connectivity index (χ4n) is 1.83. The Balaban J connectivity index is 1.80. The number of thiophene rings is 1. The summed E-state index contributed by atoms with van der Waals surface area (Å²) < 4.78 is 5.90. The predicted octanol–water partition coefficient (Wildman–Crippen LogP) is 0.117. The van der Waals surface area contributed by atoms with Gasteiger partial charge in [-0.1, -0.05) is 6.07 Å². The van der Waals surface area contributed by atoms with Crippen molar-refractivity contribution in [3.8, 4) is 10.8 Å². The molecule has 104 valence electrons. The highest BCUT2D eigenvalue weighted by atomic mass is 32.1. The van der Waals surface area contributed by atoms with Crippen LogP contribution in [0.2, 0.25) is 0 Å². The molecule has 1 fully saturated rings. The maximum absolute atomic E-state index is 11.9. The summed E-state index contributed by atoms with van der Waals surface area (Å²) in [5.74, 6) is -1.04. The van der Waals surface area contributed by atoms with Crippen LogP contribution in [-0.4, -0.2) is 39.7 Å². The van der Waals surface area contributed by atoms with Gasteiger partial charge in [-0.3, -0.25) is 9.69 Å². The average Bonchev–Trinajstić information content (AvgIpc) is 3.11. The van der Waals surface area contributed by atoms with Crippen LogP contribution in [0.4, 0.5) is 4.79 Å². The van der Waals surface area contributed by atoms with Crippen LogP contribution in [0.1, 0.15) is 0 Å². The number of nitrogens with one attached hydrogen (secondary N) is 1. The summed E-state index contributed by atoms with van der Waals surface area (Å²) in [6, 6.07) is 3.11. The molecule has 2 aromatic rings. The van der Waals surface area contributed by atoms with Gasteiger partial charge in [-0.25, -0.2) is 9.59 Å². The first kappa shape index (κ1) is 12.6. The summed E-state index contributed by atoms with van der Waals surface area (Å²) in [5, 5.41) is 8.30. The molecule has 0 bridgehead atoms. The summed E-state index contributed by atoms with van der Waals surface area (Å²) in [6.45, 7) is 0.391. The normalized spacial score (nSPS) is 14.6. The quantitative estimate of drug-likeness (QED) is 0.867. The number of carbonyl (C=O) groups is 2. The number of rotatable bonds is 3. The smallest absolute Gasteiger partial charge is 0.387 e. The fourth-order valence-corrected chi connectivity index (χ4v) is 2.47. The largest absolute Gasteiger partial charge is 0.437 e. The minimum Gasteiger partial charge on any atom is -0.387 e. The number of hydrogen-bond donors (Lipinski definition) is 1. The lowest BCUT2D eigenvalue weighted by atomic mass is 10.5. The van der Waals surface area contributed by atoms with Gasteiger partial charge in [0.1, 0.15) is 6.54 Å². The Morgan fingerprint density at radius 3 is 3.00 bits per heavy atom. The van der Waals surface area contributed by atoms with Crippen LogP contribution < -0.4 is 11.1 Å². The number of carbonyl (C=O) groups excluding carboxylic acids is 2. The molecule has 3 heterocycles. The molecular formula is C11H10N4O4S. The lowest BCUT2D eigenvalue weighted by Gasteiger charge is -2.10. The Kier molecular flexibility index (Phi) is 3.11. The number of amides is 3. The Labute approximate surface area is 116 Å². The van der Waals surface area contributed by atoms with Crippen molar-refractivity contribution in [2.45, 2.75) is 6.54 Å². The minimum atomic E-state index is -0.721. The second kappa shape index (κ2) is 4.93. The molecule has 0 radical (unpaired) electrons. The zero-order valence-electron chi connectivity index (χ0n) is 10.2. The van der Waals surface area contributed by atoms with Crippen LogP contribution in [-0.2, 0) is 11.3 Å². The molecule has 0 spiro atoms. The molecule has 8 nitrogen and oxygen atoms in total. The van der Waals surface area contributed by atoms with Gasteiger partial charge in [-0.15, -0.1) is 16.4 Å². The van der Waals surface area contributed by atoms with Crippen LogP contribution in [0.3, 0.4) is 0 Å². The SMILES string of the molecule is O=C(Cn1nc(-c2cccs2)oc1=O)N1CCNC1=O. The van der Waals surface area contributed by atoms with E-state index in [2.05, 4.69) is 10.4 Å². The van der Waals surface area contributed by atoms with Gasteiger partial charge in [0.25, 0.3) is 11.8 Å². The van der Waals surface area contributed by atoms with Crippen molar-refractivity contribution in [2.75, 3.05) is 13.1 Å². The number of imide groups is 1. The maximum atomic E-state index is 11.9. The molecule has 1 aliphatic heterocycles. The molecule has 0 aliphatic carbocycles. The number of nitrogens with zero attached hydrogens (tertiary/aromatic N) is 3. The van der Waals surface area contributed by atoms with Crippen LogP contribution in [0.5, 0.6) is 0 Å². The van der Waals surface area contributed by atoms with Crippen molar-refractivity contribution >= 4 is 23.3 Å². The highest BCUT2D eigenvalue weighted by molar-refractivity contribution is 7.13. The van der Waals surface area contributed by atoms with Gasteiger partial charge < -0.3 is 9.73 Å². The Hall–Kier alpha value is -2.42. The number of urea groups is 1. The molecule has 20 heavy (non-hydrogen) atoms. The molecular weight excluding hydrogens is 284 g/mol. The molecule has 0 aromatic carbocycles. The highest BCUT2D eigenvalue weighted by Crippen LogP contribution is 2.20. The van der Waals surface area contributed by atoms with Gasteiger partial charge in [0.15, 0.2) is 0 Å². The molecule has 9 heteroatoms. The predicted molar refractivity (Wildman–Crippen MR) is 69.2 cm³/mol. The number of aromatic nitrogens is 2. The van der Waals surface area contributed by atoms with Gasteiger partial charge in [-0.2, -0.15) is 4.68 Å². The lowest BCUT2D eigenvalue weighted by Crippen LogP contribution is -2.38. The molecule has 0 unspecified atom stereocenters. The van der Waals surface area contributed by atoms with Crippen molar-refractivity contribution in [1.82, 2.24) is 20.0 Å². The summed E-state index contributed by atoms with van der Waals surface area (Å²) >= 11 is 1.37. The van der Waals surface area contributed by atoms with Crippen molar-refractivity contribution in [3.63, 3.8) is 0 Å². The van der Waals surface area contributed by atoms with Crippen LogP contribution in [0.25, 0.3) is 10.8 Å². The minimum absolute atomic E-state index is 0.170. The van der Waals surface area contributed by atoms with E-state index in [0.29, 0.717) is 18.0 Å². The topological polar surface area (TPSA) is 97.4 Å². The summed E-state index contributed by atoms with van der Waals surface area (Å²) in [4.78, 5) is 36.6. The third-order valence-electron chi connectivity index (χ3n) is 2.78. The van der Waals surface area contributed by atoms with E-state index < -0.39 is 17.7 Å². The monoisotopic (exact) mass is 294 g/mol. The van der Waals surface area contributed by atoms with E-state index >= 15 is 0 Å².